The summed E-state index contributed by atoms with van der Waals surface area (Å²) in [6.07, 6.45) is 0.820. The average molecular weight is 269 g/mol. The molecule has 3 nitrogen and oxygen atoms in total. The Morgan fingerprint density at radius 1 is 1.33 bits per heavy atom. The van der Waals surface area contributed by atoms with E-state index in [1.165, 1.54) is 0 Å². The fourth-order valence-corrected chi connectivity index (χ4v) is 2.61. The molecule has 0 aliphatic heterocycles. The SMILES string of the molecule is CCOc1ccc(C(N)CSC(C)CCO)cc1. The zero-order valence-corrected chi connectivity index (χ0v) is 12.0. The fraction of sp³-hybridized carbons (Fsp3) is 0.571. The van der Waals surface area contributed by atoms with Crippen LogP contribution >= 0.6 is 11.8 Å². The van der Waals surface area contributed by atoms with Crippen LogP contribution in [0.4, 0.5) is 0 Å². The van der Waals surface area contributed by atoms with Crippen molar-refractivity contribution in [3.05, 3.63) is 29.8 Å². The second-order valence-electron chi connectivity index (χ2n) is 4.26. The summed E-state index contributed by atoms with van der Waals surface area (Å²) in [7, 11) is 0. The molecule has 1 rings (SSSR count). The van der Waals surface area contributed by atoms with Gasteiger partial charge in [0.25, 0.3) is 0 Å². The second kappa shape index (κ2) is 8.40. The van der Waals surface area contributed by atoms with Crippen LogP contribution in [0.3, 0.4) is 0 Å². The van der Waals surface area contributed by atoms with E-state index in [-0.39, 0.29) is 12.6 Å². The maximum absolute atomic E-state index is 8.84. The second-order valence-corrected chi connectivity index (χ2v) is 5.74. The summed E-state index contributed by atoms with van der Waals surface area (Å²) in [4.78, 5) is 0. The Morgan fingerprint density at radius 2 is 2.00 bits per heavy atom. The number of hydrogen-bond donors (Lipinski definition) is 2. The smallest absolute Gasteiger partial charge is 0.119 e. The average Bonchev–Trinajstić information content (AvgIpc) is 2.37. The van der Waals surface area contributed by atoms with Crippen molar-refractivity contribution in [3.63, 3.8) is 0 Å². The Balaban J connectivity index is 2.43. The van der Waals surface area contributed by atoms with E-state index in [0.29, 0.717) is 11.9 Å². The van der Waals surface area contributed by atoms with E-state index in [1.807, 2.05) is 31.2 Å². The molecule has 0 aliphatic carbocycles. The molecule has 18 heavy (non-hydrogen) atoms. The van der Waals surface area contributed by atoms with Crippen molar-refractivity contribution in [2.24, 2.45) is 5.73 Å². The molecule has 3 N–H and O–H groups in total. The highest BCUT2D eigenvalue weighted by Gasteiger charge is 2.09. The van der Waals surface area contributed by atoms with Crippen molar-refractivity contribution in [1.29, 1.82) is 0 Å². The molecule has 0 fully saturated rings. The molecule has 0 heterocycles. The number of hydrogen-bond acceptors (Lipinski definition) is 4. The minimum atomic E-state index is 0.0341. The number of aliphatic hydroxyl groups is 1. The molecule has 0 saturated carbocycles. The number of rotatable bonds is 8. The molecule has 0 radical (unpaired) electrons. The van der Waals surface area contributed by atoms with Gasteiger partial charge in [0.15, 0.2) is 0 Å². The quantitative estimate of drug-likeness (QED) is 0.761. The highest BCUT2D eigenvalue weighted by atomic mass is 32.2. The van der Waals surface area contributed by atoms with Gasteiger partial charge in [-0.05, 0) is 31.0 Å². The van der Waals surface area contributed by atoms with E-state index >= 15 is 0 Å². The molecule has 102 valence electrons. The highest BCUT2D eigenvalue weighted by Crippen LogP contribution is 2.22. The van der Waals surface area contributed by atoms with Crippen LogP contribution in [0.25, 0.3) is 0 Å². The minimum Gasteiger partial charge on any atom is -0.494 e. The van der Waals surface area contributed by atoms with Gasteiger partial charge in [0, 0.05) is 23.7 Å². The van der Waals surface area contributed by atoms with Crippen molar-refractivity contribution in [2.45, 2.75) is 31.6 Å². The Labute approximate surface area is 114 Å². The van der Waals surface area contributed by atoms with Crippen LogP contribution in [-0.4, -0.2) is 29.3 Å². The van der Waals surface area contributed by atoms with E-state index in [0.717, 1.165) is 23.5 Å². The predicted molar refractivity (Wildman–Crippen MR) is 78.2 cm³/mol. The van der Waals surface area contributed by atoms with Gasteiger partial charge in [0.1, 0.15) is 5.75 Å². The molecule has 0 bridgehead atoms. The first-order chi connectivity index (χ1) is 8.67. The van der Waals surface area contributed by atoms with Gasteiger partial charge >= 0.3 is 0 Å². The Morgan fingerprint density at radius 3 is 2.56 bits per heavy atom. The summed E-state index contributed by atoms with van der Waals surface area (Å²) in [6.45, 7) is 5.01. The Hall–Kier alpha value is -0.710. The first kappa shape index (κ1) is 15.3. The van der Waals surface area contributed by atoms with Gasteiger partial charge in [-0.1, -0.05) is 19.1 Å². The summed E-state index contributed by atoms with van der Waals surface area (Å²) in [5, 5.41) is 9.29. The maximum Gasteiger partial charge on any atom is 0.119 e. The van der Waals surface area contributed by atoms with Crippen molar-refractivity contribution >= 4 is 11.8 Å². The zero-order valence-electron chi connectivity index (χ0n) is 11.1. The first-order valence-electron chi connectivity index (χ1n) is 6.38. The summed E-state index contributed by atoms with van der Waals surface area (Å²) < 4.78 is 5.40. The lowest BCUT2D eigenvalue weighted by Gasteiger charge is -2.15. The van der Waals surface area contributed by atoms with Gasteiger partial charge < -0.3 is 15.6 Å². The van der Waals surface area contributed by atoms with Crippen LogP contribution in [0.1, 0.15) is 31.9 Å². The van der Waals surface area contributed by atoms with Crippen molar-refractivity contribution < 1.29 is 9.84 Å². The summed E-state index contributed by atoms with van der Waals surface area (Å²) in [5.74, 6) is 1.75. The molecule has 0 spiro atoms. The third-order valence-electron chi connectivity index (χ3n) is 2.72. The zero-order chi connectivity index (χ0) is 13.4. The van der Waals surface area contributed by atoms with Gasteiger partial charge in [-0.3, -0.25) is 0 Å². The van der Waals surface area contributed by atoms with Crippen LogP contribution in [0.5, 0.6) is 5.75 Å². The van der Waals surface area contributed by atoms with Gasteiger partial charge in [-0.25, -0.2) is 0 Å². The van der Waals surface area contributed by atoms with Gasteiger partial charge in [-0.15, -0.1) is 0 Å². The standard InChI is InChI=1S/C14H23NO2S/c1-3-17-13-6-4-12(5-7-13)14(15)10-18-11(2)8-9-16/h4-7,11,14,16H,3,8-10,15H2,1-2H3. The summed E-state index contributed by atoms with van der Waals surface area (Å²) in [5.41, 5.74) is 7.27. The van der Waals surface area contributed by atoms with Crippen molar-refractivity contribution in [1.82, 2.24) is 0 Å². The molecule has 0 saturated heterocycles. The summed E-state index contributed by atoms with van der Waals surface area (Å²) >= 11 is 1.80. The lowest BCUT2D eigenvalue weighted by atomic mass is 10.1. The number of aliphatic hydroxyl groups excluding tert-OH is 1. The van der Waals surface area contributed by atoms with Crippen LogP contribution in [-0.2, 0) is 0 Å². The lowest BCUT2D eigenvalue weighted by molar-refractivity contribution is 0.289. The number of nitrogens with two attached hydrogens (primary N) is 1. The molecule has 2 atom stereocenters. The van der Waals surface area contributed by atoms with E-state index in [1.54, 1.807) is 11.8 Å². The van der Waals surface area contributed by atoms with Crippen LogP contribution in [0.2, 0.25) is 0 Å². The maximum atomic E-state index is 8.84. The molecule has 0 aromatic heterocycles. The van der Waals surface area contributed by atoms with Crippen LogP contribution < -0.4 is 10.5 Å². The monoisotopic (exact) mass is 269 g/mol. The van der Waals surface area contributed by atoms with E-state index in [4.69, 9.17) is 15.6 Å². The molecule has 4 heteroatoms. The van der Waals surface area contributed by atoms with Gasteiger partial charge in [-0.2, -0.15) is 11.8 Å². The van der Waals surface area contributed by atoms with E-state index in [9.17, 15) is 0 Å². The molecule has 1 aromatic rings. The van der Waals surface area contributed by atoms with E-state index in [2.05, 4.69) is 6.92 Å². The lowest BCUT2D eigenvalue weighted by Crippen LogP contribution is -2.15. The third kappa shape index (κ3) is 5.29. The van der Waals surface area contributed by atoms with Crippen molar-refractivity contribution in [3.8, 4) is 5.75 Å². The van der Waals surface area contributed by atoms with Crippen LogP contribution in [0.15, 0.2) is 24.3 Å². The number of thioether (sulfide) groups is 1. The molecule has 0 amide bonds. The number of ether oxygens (including phenoxy) is 1. The topological polar surface area (TPSA) is 55.5 Å². The first-order valence-corrected chi connectivity index (χ1v) is 7.43. The largest absolute Gasteiger partial charge is 0.494 e. The van der Waals surface area contributed by atoms with Gasteiger partial charge in [0.2, 0.25) is 0 Å². The Bertz CT molecular complexity index is 329. The van der Waals surface area contributed by atoms with Gasteiger partial charge in [0.05, 0.1) is 6.61 Å². The fourth-order valence-electron chi connectivity index (χ4n) is 1.61. The molecular formula is C14H23NO2S. The minimum absolute atomic E-state index is 0.0341. The van der Waals surface area contributed by atoms with E-state index < -0.39 is 0 Å². The molecule has 2 unspecified atom stereocenters. The summed E-state index contributed by atoms with van der Waals surface area (Å²) in [6, 6.07) is 7.99. The molecule has 0 aliphatic rings. The molecular weight excluding hydrogens is 246 g/mol. The normalized spacial score (nSPS) is 14.2. The number of benzene rings is 1. The third-order valence-corrected chi connectivity index (χ3v) is 4.07. The molecule has 1 aromatic carbocycles. The Kier molecular flexibility index (Phi) is 7.16. The van der Waals surface area contributed by atoms with Crippen LogP contribution in [0, 0.1) is 0 Å². The highest BCUT2D eigenvalue weighted by molar-refractivity contribution is 7.99. The predicted octanol–water partition coefficient (Wildman–Crippen LogP) is 2.59. The van der Waals surface area contributed by atoms with Crippen molar-refractivity contribution in [2.75, 3.05) is 19.0 Å².